The van der Waals surface area contributed by atoms with E-state index in [9.17, 15) is 0 Å². The van der Waals surface area contributed by atoms with Gasteiger partial charge in [-0.15, -0.1) is 0 Å². The number of hydrogen-bond donors (Lipinski definition) is 1. The molecule has 3 aromatic rings. The van der Waals surface area contributed by atoms with Gasteiger partial charge in [0.2, 0.25) is 0 Å². The van der Waals surface area contributed by atoms with Gasteiger partial charge in [0.05, 0.1) is 19.4 Å². The summed E-state index contributed by atoms with van der Waals surface area (Å²) >= 11 is 0. The minimum absolute atomic E-state index is 0.629. The van der Waals surface area contributed by atoms with Crippen molar-refractivity contribution >= 4 is 22.8 Å². The Morgan fingerprint density at radius 1 is 0.938 bits per heavy atom. The van der Waals surface area contributed by atoms with Gasteiger partial charge < -0.3 is 19.9 Å². The van der Waals surface area contributed by atoms with Gasteiger partial charge >= 0.3 is 0 Å². The largest absolute Gasteiger partial charge is 0.379 e. The molecule has 2 saturated heterocycles. The number of piperazine rings is 1. The fourth-order valence-corrected chi connectivity index (χ4v) is 4.08. The van der Waals surface area contributed by atoms with Crippen molar-refractivity contribution < 1.29 is 4.74 Å². The monoisotopic (exact) mass is 434 g/mol. The maximum Gasteiger partial charge on any atom is 0.186 e. The van der Waals surface area contributed by atoms with Crippen molar-refractivity contribution in [1.29, 1.82) is 0 Å². The van der Waals surface area contributed by atoms with Crippen LogP contribution in [0.3, 0.4) is 0 Å². The maximum absolute atomic E-state index is 5.45. The van der Waals surface area contributed by atoms with Crippen LogP contribution in [0.15, 0.2) is 36.5 Å². The molecule has 2 aliphatic rings. The molecule has 0 atom stereocenters. The molecule has 0 radical (unpaired) electrons. The highest BCUT2D eigenvalue weighted by atomic mass is 16.5. The van der Waals surface area contributed by atoms with Crippen LogP contribution >= 0.6 is 0 Å². The highest BCUT2D eigenvalue weighted by molar-refractivity contribution is 5.85. The zero-order valence-corrected chi connectivity index (χ0v) is 18.6. The number of ether oxygens (including phenoxy) is 1. The lowest BCUT2D eigenvalue weighted by atomic mass is 10.2. The molecular weight excluding hydrogens is 404 g/mol. The van der Waals surface area contributed by atoms with Crippen molar-refractivity contribution in [3.05, 3.63) is 36.5 Å². The van der Waals surface area contributed by atoms with Crippen molar-refractivity contribution in [2.75, 3.05) is 82.8 Å². The van der Waals surface area contributed by atoms with Crippen molar-refractivity contribution in [2.24, 2.45) is 0 Å². The lowest BCUT2D eigenvalue weighted by Crippen LogP contribution is -2.44. The van der Waals surface area contributed by atoms with E-state index in [1.165, 1.54) is 0 Å². The SMILES string of the molecule is CN1CCN(c2cnc3c(NCCN4CCOCC4)nc(-c4ccccc4)nc3n2)CC1. The lowest BCUT2D eigenvalue weighted by molar-refractivity contribution is 0.0398. The molecule has 0 saturated carbocycles. The van der Waals surface area contributed by atoms with Crippen LogP contribution in [-0.4, -0.2) is 102 Å². The summed E-state index contributed by atoms with van der Waals surface area (Å²) in [5.74, 6) is 2.28. The van der Waals surface area contributed by atoms with E-state index in [1.54, 1.807) is 0 Å². The van der Waals surface area contributed by atoms with Gasteiger partial charge in [0.25, 0.3) is 0 Å². The predicted octanol–water partition coefficient (Wildman–Crippen LogP) is 1.58. The quantitative estimate of drug-likeness (QED) is 0.622. The molecule has 9 heteroatoms. The summed E-state index contributed by atoms with van der Waals surface area (Å²) in [6, 6.07) is 10.0. The highest BCUT2D eigenvalue weighted by Gasteiger charge is 2.18. The van der Waals surface area contributed by atoms with Gasteiger partial charge in [0.1, 0.15) is 5.82 Å². The Morgan fingerprint density at radius 3 is 2.50 bits per heavy atom. The Bertz CT molecular complexity index is 1030. The molecule has 0 aliphatic carbocycles. The van der Waals surface area contributed by atoms with Crippen molar-refractivity contribution in [1.82, 2.24) is 29.7 Å². The summed E-state index contributed by atoms with van der Waals surface area (Å²) in [6.45, 7) is 9.18. The number of aromatic nitrogens is 4. The van der Waals surface area contributed by atoms with Crippen LogP contribution in [0.5, 0.6) is 0 Å². The Balaban J connectivity index is 1.43. The summed E-state index contributed by atoms with van der Waals surface area (Å²) < 4.78 is 5.45. The number of anilines is 2. The first-order valence-electron chi connectivity index (χ1n) is 11.3. The first kappa shape index (κ1) is 21.0. The number of nitrogens with zero attached hydrogens (tertiary/aromatic N) is 7. The Hall–Kier alpha value is -2.88. The zero-order valence-electron chi connectivity index (χ0n) is 18.6. The summed E-state index contributed by atoms with van der Waals surface area (Å²) in [4.78, 5) is 26.2. The third-order valence-corrected chi connectivity index (χ3v) is 6.08. The molecule has 168 valence electrons. The van der Waals surface area contributed by atoms with Crippen LogP contribution in [0.4, 0.5) is 11.6 Å². The van der Waals surface area contributed by atoms with Gasteiger partial charge in [0.15, 0.2) is 22.8 Å². The maximum atomic E-state index is 5.45. The fourth-order valence-electron chi connectivity index (χ4n) is 4.08. The number of likely N-dealkylation sites (N-methyl/N-ethyl adjacent to an activating group) is 1. The van der Waals surface area contributed by atoms with Gasteiger partial charge in [-0.25, -0.2) is 19.9 Å². The van der Waals surface area contributed by atoms with Crippen LogP contribution in [0, 0.1) is 0 Å². The van der Waals surface area contributed by atoms with Crippen molar-refractivity contribution in [2.45, 2.75) is 0 Å². The van der Waals surface area contributed by atoms with E-state index in [-0.39, 0.29) is 0 Å². The Kier molecular flexibility index (Phi) is 6.38. The van der Waals surface area contributed by atoms with E-state index < -0.39 is 0 Å². The molecule has 5 rings (SSSR count). The van der Waals surface area contributed by atoms with Crippen LogP contribution < -0.4 is 10.2 Å². The molecule has 2 fully saturated rings. The van der Waals surface area contributed by atoms with E-state index in [1.807, 2.05) is 36.5 Å². The van der Waals surface area contributed by atoms with Gasteiger partial charge in [-0.3, -0.25) is 4.90 Å². The first-order chi connectivity index (χ1) is 15.8. The highest BCUT2D eigenvalue weighted by Crippen LogP contribution is 2.24. The molecule has 1 N–H and O–H groups in total. The summed E-state index contributed by atoms with van der Waals surface area (Å²) in [6.07, 6.45) is 1.85. The van der Waals surface area contributed by atoms with Crippen LogP contribution in [-0.2, 0) is 4.74 Å². The van der Waals surface area contributed by atoms with Crippen molar-refractivity contribution in [3.63, 3.8) is 0 Å². The molecular formula is C23H30N8O. The average molecular weight is 435 g/mol. The molecule has 2 aromatic heterocycles. The predicted molar refractivity (Wildman–Crippen MR) is 126 cm³/mol. The van der Waals surface area contributed by atoms with E-state index in [2.05, 4.69) is 27.1 Å². The number of fused-ring (bicyclic) bond motifs is 1. The van der Waals surface area contributed by atoms with E-state index in [0.29, 0.717) is 17.0 Å². The van der Waals surface area contributed by atoms with Crippen molar-refractivity contribution in [3.8, 4) is 11.4 Å². The number of benzene rings is 1. The first-order valence-corrected chi connectivity index (χ1v) is 11.3. The molecule has 0 spiro atoms. The second kappa shape index (κ2) is 9.72. The molecule has 4 heterocycles. The number of rotatable bonds is 6. The van der Waals surface area contributed by atoms with Crippen LogP contribution in [0.2, 0.25) is 0 Å². The Labute approximate surface area is 188 Å². The summed E-state index contributed by atoms with van der Waals surface area (Å²) in [5.41, 5.74) is 2.31. The second-order valence-electron chi connectivity index (χ2n) is 8.33. The zero-order chi connectivity index (χ0) is 21.8. The minimum Gasteiger partial charge on any atom is -0.379 e. The normalized spacial score (nSPS) is 18.2. The van der Waals surface area contributed by atoms with Gasteiger partial charge in [-0.1, -0.05) is 30.3 Å². The van der Waals surface area contributed by atoms with E-state index in [4.69, 9.17) is 24.7 Å². The smallest absolute Gasteiger partial charge is 0.186 e. The summed E-state index contributed by atoms with van der Waals surface area (Å²) in [5, 5.41) is 3.49. The fraction of sp³-hybridized carbons (Fsp3) is 0.478. The van der Waals surface area contributed by atoms with Gasteiger partial charge in [-0.05, 0) is 7.05 Å². The summed E-state index contributed by atoms with van der Waals surface area (Å²) in [7, 11) is 2.15. The molecule has 1 aromatic carbocycles. The molecule has 32 heavy (non-hydrogen) atoms. The molecule has 9 nitrogen and oxygen atoms in total. The standard InChI is InChI=1S/C23H30N8O/c1-29-9-11-31(12-10-29)19-17-25-20-22(24-7-8-30-13-15-32-16-14-30)27-21(28-23(20)26-19)18-5-3-2-4-6-18/h2-6,17H,7-16H2,1H3,(H,24,26,27,28). The Morgan fingerprint density at radius 2 is 1.72 bits per heavy atom. The van der Waals surface area contributed by atoms with Gasteiger partial charge in [-0.2, -0.15) is 0 Å². The molecule has 0 amide bonds. The average Bonchev–Trinajstić information content (AvgIpc) is 2.85. The second-order valence-corrected chi connectivity index (χ2v) is 8.33. The molecule has 0 bridgehead atoms. The van der Waals surface area contributed by atoms with Crippen LogP contribution in [0.1, 0.15) is 0 Å². The van der Waals surface area contributed by atoms with E-state index >= 15 is 0 Å². The third-order valence-electron chi connectivity index (χ3n) is 6.08. The molecule has 2 aliphatic heterocycles. The number of hydrogen-bond acceptors (Lipinski definition) is 9. The lowest BCUT2D eigenvalue weighted by Gasteiger charge is -2.33. The van der Waals surface area contributed by atoms with Gasteiger partial charge in [0, 0.05) is 57.9 Å². The minimum atomic E-state index is 0.629. The topological polar surface area (TPSA) is 82.5 Å². The van der Waals surface area contributed by atoms with E-state index in [0.717, 1.165) is 82.8 Å². The van der Waals surface area contributed by atoms with Crippen LogP contribution in [0.25, 0.3) is 22.6 Å². The third kappa shape index (κ3) is 4.79. The number of nitrogens with one attached hydrogen (secondary N) is 1. The number of morpholine rings is 1. The molecule has 0 unspecified atom stereocenters.